The van der Waals surface area contributed by atoms with Crippen LogP contribution in [0, 0.1) is 0 Å². The quantitative estimate of drug-likeness (QED) is 0.793. The average molecular weight is 395 g/mol. The van der Waals surface area contributed by atoms with Crippen molar-refractivity contribution in [2.24, 2.45) is 5.14 Å². The molecule has 0 saturated carbocycles. The number of carbonyl (C=O) groups is 1. The maximum atomic E-state index is 12.6. The fourth-order valence-corrected chi connectivity index (χ4v) is 4.78. The van der Waals surface area contributed by atoms with Crippen LogP contribution in [0.4, 0.5) is 11.4 Å². The van der Waals surface area contributed by atoms with Crippen LogP contribution in [-0.2, 0) is 14.8 Å². The number of hydrogen-bond donors (Lipinski definition) is 2. The SMILES string of the molecule is C[C@@H](C(=O)Nc1ccc(N2CCCCC2)cc1)N1CCC(S(N)(=O)=O)CC1. The number of piperidine rings is 2. The normalized spacial score (nSPS) is 21.0. The van der Waals surface area contributed by atoms with Crippen LogP contribution in [0.25, 0.3) is 0 Å². The van der Waals surface area contributed by atoms with E-state index < -0.39 is 15.3 Å². The van der Waals surface area contributed by atoms with Gasteiger partial charge in [0.25, 0.3) is 0 Å². The Morgan fingerprint density at radius 1 is 1.07 bits per heavy atom. The Kier molecular flexibility index (Phi) is 6.39. The lowest BCUT2D eigenvalue weighted by molar-refractivity contribution is -0.121. The standard InChI is InChI=1S/C19H30N4O3S/c1-15(22-13-9-18(10-14-22)27(20,25)26)19(24)21-16-5-7-17(8-6-16)23-11-3-2-4-12-23/h5-8,15,18H,2-4,9-14H2,1H3,(H,21,24)(H2,20,25,26)/t15-/m0/s1. The predicted molar refractivity (Wildman–Crippen MR) is 108 cm³/mol. The Balaban J connectivity index is 1.52. The number of anilines is 2. The minimum Gasteiger partial charge on any atom is -0.372 e. The van der Waals surface area contributed by atoms with Crippen molar-refractivity contribution in [3.8, 4) is 0 Å². The van der Waals surface area contributed by atoms with E-state index in [1.807, 2.05) is 24.0 Å². The number of nitrogens with zero attached hydrogens (tertiary/aromatic N) is 2. The van der Waals surface area contributed by atoms with Gasteiger partial charge in [0.15, 0.2) is 0 Å². The van der Waals surface area contributed by atoms with Crippen molar-refractivity contribution >= 4 is 27.3 Å². The first kappa shape index (κ1) is 20.1. The Bertz CT molecular complexity index is 737. The van der Waals surface area contributed by atoms with Crippen LogP contribution in [0.5, 0.6) is 0 Å². The highest BCUT2D eigenvalue weighted by molar-refractivity contribution is 7.89. The molecule has 0 radical (unpaired) electrons. The first-order valence-corrected chi connectivity index (χ1v) is 11.4. The van der Waals surface area contributed by atoms with Crippen molar-refractivity contribution in [3.63, 3.8) is 0 Å². The highest BCUT2D eigenvalue weighted by atomic mass is 32.2. The maximum Gasteiger partial charge on any atom is 0.241 e. The lowest BCUT2D eigenvalue weighted by Crippen LogP contribution is -2.49. The molecule has 1 atom stereocenters. The van der Waals surface area contributed by atoms with Gasteiger partial charge in [-0.2, -0.15) is 0 Å². The summed E-state index contributed by atoms with van der Waals surface area (Å²) < 4.78 is 22.9. The molecule has 2 aliphatic rings. The summed E-state index contributed by atoms with van der Waals surface area (Å²) in [5.41, 5.74) is 1.98. The minimum absolute atomic E-state index is 0.0743. The molecule has 0 unspecified atom stereocenters. The second-order valence-corrected chi connectivity index (χ2v) is 9.43. The van der Waals surface area contributed by atoms with Gasteiger partial charge in [0.2, 0.25) is 15.9 Å². The fraction of sp³-hybridized carbons (Fsp3) is 0.632. The van der Waals surface area contributed by atoms with E-state index in [4.69, 9.17) is 5.14 Å². The molecule has 0 bridgehead atoms. The smallest absolute Gasteiger partial charge is 0.241 e. The van der Waals surface area contributed by atoms with Gasteiger partial charge < -0.3 is 10.2 Å². The van der Waals surface area contributed by atoms with Gasteiger partial charge in [-0.05, 0) is 63.3 Å². The third-order valence-corrected chi connectivity index (χ3v) is 7.13. The van der Waals surface area contributed by atoms with Crippen LogP contribution < -0.4 is 15.4 Å². The number of carbonyl (C=O) groups excluding carboxylic acids is 1. The molecule has 0 spiro atoms. The first-order valence-electron chi connectivity index (χ1n) is 9.76. The van der Waals surface area contributed by atoms with Gasteiger partial charge in [0.05, 0.1) is 11.3 Å². The van der Waals surface area contributed by atoms with Crippen molar-refractivity contribution in [2.75, 3.05) is 36.4 Å². The monoisotopic (exact) mass is 394 g/mol. The van der Waals surface area contributed by atoms with Crippen LogP contribution in [0.15, 0.2) is 24.3 Å². The van der Waals surface area contributed by atoms with Crippen molar-refractivity contribution in [3.05, 3.63) is 24.3 Å². The number of hydrogen-bond acceptors (Lipinski definition) is 5. The second-order valence-electron chi connectivity index (χ2n) is 7.58. The number of likely N-dealkylation sites (tertiary alicyclic amines) is 1. The molecule has 1 aromatic carbocycles. The third-order valence-electron chi connectivity index (χ3n) is 5.72. The van der Waals surface area contributed by atoms with Gasteiger partial charge in [0.1, 0.15) is 0 Å². The van der Waals surface area contributed by atoms with Gasteiger partial charge in [-0.3, -0.25) is 9.69 Å². The molecule has 2 heterocycles. The van der Waals surface area contributed by atoms with Crippen LogP contribution in [0.1, 0.15) is 39.0 Å². The molecule has 2 saturated heterocycles. The Hall–Kier alpha value is -1.64. The van der Waals surface area contributed by atoms with Gasteiger partial charge in [-0.1, -0.05) is 0 Å². The van der Waals surface area contributed by atoms with E-state index in [1.165, 1.54) is 24.9 Å². The number of rotatable bonds is 5. The van der Waals surface area contributed by atoms with E-state index in [-0.39, 0.29) is 11.9 Å². The predicted octanol–water partition coefficient (Wildman–Crippen LogP) is 1.76. The van der Waals surface area contributed by atoms with Crippen LogP contribution >= 0.6 is 0 Å². The molecule has 2 fully saturated rings. The van der Waals surface area contributed by atoms with E-state index in [9.17, 15) is 13.2 Å². The fourth-order valence-electron chi connectivity index (χ4n) is 3.91. The Morgan fingerprint density at radius 2 is 1.67 bits per heavy atom. The molecule has 1 aromatic rings. The number of sulfonamides is 1. The zero-order chi connectivity index (χ0) is 19.4. The highest BCUT2D eigenvalue weighted by Gasteiger charge is 2.31. The molecule has 1 amide bonds. The summed E-state index contributed by atoms with van der Waals surface area (Å²) >= 11 is 0. The summed E-state index contributed by atoms with van der Waals surface area (Å²) in [7, 11) is -3.49. The molecule has 3 N–H and O–H groups in total. The molecule has 0 aliphatic carbocycles. The zero-order valence-electron chi connectivity index (χ0n) is 15.9. The number of primary sulfonamides is 1. The summed E-state index contributed by atoms with van der Waals surface area (Å²) in [4.78, 5) is 17.0. The van der Waals surface area contributed by atoms with Crippen molar-refractivity contribution < 1.29 is 13.2 Å². The summed E-state index contributed by atoms with van der Waals surface area (Å²) in [6, 6.07) is 7.70. The second kappa shape index (κ2) is 8.58. The van der Waals surface area contributed by atoms with E-state index in [1.54, 1.807) is 0 Å². The largest absolute Gasteiger partial charge is 0.372 e. The number of nitrogens with one attached hydrogen (secondary N) is 1. The van der Waals surface area contributed by atoms with Crippen molar-refractivity contribution in [1.29, 1.82) is 0 Å². The average Bonchev–Trinajstić information content (AvgIpc) is 2.68. The van der Waals surface area contributed by atoms with Crippen LogP contribution in [0.2, 0.25) is 0 Å². The van der Waals surface area contributed by atoms with Crippen molar-refractivity contribution in [1.82, 2.24) is 4.90 Å². The maximum absolute atomic E-state index is 12.6. The van der Waals surface area contributed by atoms with E-state index in [0.29, 0.717) is 25.9 Å². The first-order chi connectivity index (χ1) is 12.8. The Labute approximate surface area is 161 Å². The third kappa shape index (κ3) is 5.21. The van der Waals surface area contributed by atoms with Gasteiger partial charge in [-0.25, -0.2) is 13.6 Å². The van der Waals surface area contributed by atoms with Crippen LogP contribution in [-0.4, -0.2) is 56.7 Å². The minimum atomic E-state index is -3.49. The number of nitrogens with two attached hydrogens (primary N) is 1. The molecular formula is C19H30N4O3S. The number of benzene rings is 1. The zero-order valence-corrected chi connectivity index (χ0v) is 16.7. The summed E-state index contributed by atoms with van der Waals surface area (Å²) in [6.07, 6.45) is 4.72. The molecule has 3 rings (SSSR count). The van der Waals surface area contributed by atoms with Gasteiger partial charge >= 0.3 is 0 Å². The van der Waals surface area contributed by atoms with E-state index >= 15 is 0 Å². The summed E-state index contributed by atoms with van der Waals surface area (Å²) in [5, 5.41) is 7.71. The van der Waals surface area contributed by atoms with E-state index in [0.717, 1.165) is 18.8 Å². The number of amides is 1. The lowest BCUT2D eigenvalue weighted by Gasteiger charge is -2.34. The molecule has 7 nitrogen and oxygen atoms in total. The molecule has 27 heavy (non-hydrogen) atoms. The van der Waals surface area contributed by atoms with Crippen LogP contribution in [0.3, 0.4) is 0 Å². The molecule has 150 valence electrons. The highest BCUT2D eigenvalue weighted by Crippen LogP contribution is 2.23. The van der Waals surface area contributed by atoms with E-state index in [2.05, 4.69) is 22.3 Å². The molecule has 2 aliphatic heterocycles. The molecular weight excluding hydrogens is 364 g/mol. The van der Waals surface area contributed by atoms with Crippen molar-refractivity contribution in [2.45, 2.75) is 50.3 Å². The Morgan fingerprint density at radius 3 is 2.22 bits per heavy atom. The molecule has 8 heteroatoms. The summed E-state index contributed by atoms with van der Waals surface area (Å²) in [6.45, 7) is 5.16. The topological polar surface area (TPSA) is 95.7 Å². The summed E-state index contributed by atoms with van der Waals surface area (Å²) in [5.74, 6) is -0.0743. The lowest BCUT2D eigenvalue weighted by atomic mass is 10.1. The van der Waals surface area contributed by atoms with Gasteiger partial charge in [-0.15, -0.1) is 0 Å². The van der Waals surface area contributed by atoms with Gasteiger partial charge in [0, 0.05) is 37.6 Å². The molecule has 0 aromatic heterocycles.